The number of nitrogens with zero attached hydrogens (tertiary/aromatic N) is 2. The second-order valence-electron chi connectivity index (χ2n) is 5.79. The first-order chi connectivity index (χ1) is 11.9. The molecule has 1 amide bonds. The molecule has 0 unspecified atom stereocenters. The fraction of sp³-hybridized carbons (Fsp3) is 0.278. The number of hydrogen-bond donors (Lipinski definition) is 0. The number of amides is 1. The van der Waals surface area contributed by atoms with E-state index < -0.39 is 10.0 Å². The Hall–Kier alpha value is -2.54. The zero-order valence-corrected chi connectivity index (χ0v) is 15.0. The molecular formula is C18H20N2O4S. The van der Waals surface area contributed by atoms with Crippen LogP contribution in [0.1, 0.15) is 12.8 Å². The molecule has 0 N–H and O–H groups in total. The monoisotopic (exact) mass is 360 g/mol. The Bertz CT molecular complexity index is 881. The molecule has 0 aliphatic carbocycles. The summed E-state index contributed by atoms with van der Waals surface area (Å²) >= 11 is 0. The van der Waals surface area contributed by atoms with E-state index in [0.717, 1.165) is 6.42 Å². The molecule has 1 fully saturated rings. The molecule has 0 bridgehead atoms. The van der Waals surface area contributed by atoms with Crippen LogP contribution < -0.4 is 13.9 Å². The zero-order valence-electron chi connectivity index (χ0n) is 14.2. The molecule has 2 aromatic carbocycles. The maximum Gasteiger partial charge on any atom is 0.264 e. The molecule has 0 saturated carbocycles. The molecule has 1 saturated heterocycles. The van der Waals surface area contributed by atoms with E-state index in [2.05, 4.69) is 0 Å². The Kier molecular flexibility index (Phi) is 4.67. The lowest BCUT2D eigenvalue weighted by molar-refractivity contribution is -0.117. The number of sulfonamides is 1. The van der Waals surface area contributed by atoms with E-state index in [0.29, 0.717) is 30.1 Å². The van der Waals surface area contributed by atoms with Crippen LogP contribution in [0.2, 0.25) is 0 Å². The molecule has 0 spiro atoms. The van der Waals surface area contributed by atoms with Gasteiger partial charge < -0.3 is 9.64 Å². The normalized spacial score (nSPS) is 14.6. The molecule has 2 aromatic rings. The molecule has 1 aliphatic rings. The average Bonchev–Trinajstić information content (AvgIpc) is 3.07. The quantitative estimate of drug-likeness (QED) is 0.822. The number of methoxy groups -OCH3 is 1. The van der Waals surface area contributed by atoms with E-state index in [1.165, 1.54) is 30.6 Å². The third kappa shape index (κ3) is 3.19. The highest BCUT2D eigenvalue weighted by Crippen LogP contribution is 2.34. The summed E-state index contributed by atoms with van der Waals surface area (Å²) in [5.74, 6) is 0.459. The van der Waals surface area contributed by atoms with E-state index in [4.69, 9.17) is 4.74 Å². The molecule has 132 valence electrons. The van der Waals surface area contributed by atoms with Crippen LogP contribution in [0, 0.1) is 0 Å². The summed E-state index contributed by atoms with van der Waals surface area (Å²) < 4.78 is 32.5. The first kappa shape index (κ1) is 17.3. The highest BCUT2D eigenvalue weighted by Gasteiger charge is 2.28. The van der Waals surface area contributed by atoms with Crippen LogP contribution in [0.25, 0.3) is 0 Å². The lowest BCUT2D eigenvalue weighted by Gasteiger charge is -2.23. The van der Waals surface area contributed by atoms with Crippen molar-refractivity contribution in [2.75, 3.05) is 29.9 Å². The minimum absolute atomic E-state index is 0.0238. The molecule has 6 nitrogen and oxygen atoms in total. The fourth-order valence-corrected chi connectivity index (χ4v) is 4.09. The largest absolute Gasteiger partial charge is 0.495 e. The van der Waals surface area contributed by atoms with Gasteiger partial charge in [-0.25, -0.2) is 8.42 Å². The topological polar surface area (TPSA) is 66.9 Å². The van der Waals surface area contributed by atoms with Gasteiger partial charge >= 0.3 is 0 Å². The Balaban J connectivity index is 2.03. The summed E-state index contributed by atoms with van der Waals surface area (Å²) in [5, 5.41) is 0. The molecule has 25 heavy (non-hydrogen) atoms. The summed E-state index contributed by atoms with van der Waals surface area (Å²) in [6.07, 6.45) is 1.22. The number of ether oxygens (including phenoxy) is 1. The van der Waals surface area contributed by atoms with Crippen molar-refractivity contribution in [3.63, 3.8) is 0 Å². The molecule has 0 atom stereocenters. The second kappa shape index (κ2) is 6.76. The van der Waals surface area contributed by atoms with Crippen molar-refractivity contribution in [2.45, 2.75) is 17.7 Å². The summed E-state index contributed by atoms with van der Waals surface area (Å²) in [7, 11) is -0.734. The molecule has 3 rings (SSSR count). The zero-order chi connectivity index (χ0) is 18.0. The van der Waals surface area contributed by atoms with Gasteiger partial charge in [-0.3, -0.25) is 9.10 Å². The van der Waals surface area contributed by atoms with Crippen LogP contribution in [0.3, 0.4) is 0 Å². The van der Waals surface area contributed by atoms with Crippen molar-refractivity contribution in [2.24, 2.45) is 0 Å². The Labute approximate surface area is 147 Å². The fourth-order valence-electron chi connectivity index (χ4n) is 2.88. The van der Waals surface area contributed by atoms with Gasteiger partial charge in [-0.05, 0) is 36.8 Å². The van der Waals surface area contributed by atoms with Crippen LogP contribution in [-0.4, -0.2) is 35.0 Å². The number of carbonyl (C=O) groups is 1. The van der Waals surface area contributed by atoms with E-state index in [1.54, 1.807) is 35.2 Å². The van der Waals surface area contributed by atoms with Crippen LogP contribution in [0.15, 0.2) is 53.4 Å². The molecule has 0 radical (unpaired) electrons. The van der Waals surface area contributed by atoms with Crippen molar-refractivity contribution in [1.29, 1.82) is 0 Å². The Morgan fingerprint density at radius 3 is 2.44 bits per heavy atom. The summed E-state index contributed by atoms with van der Waals surface area (Å²) in [4.78, 5) is 13.8. The van der Waals surface area contributed by atoms with Gasteiger partial charge in [0.1, 0.15) is 5.75 Å². The number of hydrogen-bond acceptors (Lipinski definition) is 4. The maximum absolute atomic E-state index is 13.0. The molecule has 0 aromatic heterocycles. The van der Waals surface area contributed by atoms with Crippen LogP contribution in [-0.2, 0) is 14.8 Å². The van der Waals surface area contributed by atoms with Crippen molar-refractivity contribution in [3.05, 3.63) is 48.5 Å². The first-order valence-corrected chi connectivity index (χ1v) is 9.41. The van der Waals surface area contributed by atoms with Gasteiger partial charge in [0.25, 0.3) is 10.0 Å². The van der Waals surface area contributed by atoms with Crippen molar-refractivity contribution in [1.82, 2.24) is 0 Å². The van der Waals surface area contributed by atoms with E-state index >= 15 is 0 Å². The van der Waals surface area contributed by atoms with Crippen molar-refractivity contribution >= 4 is 27.3 Å². The van der Waals surface area contributed by atoms with Gasteiger partial charge in [0.2, 0.25) is 5.91 Å². The highest BCUT2D eigenvalue weighted by atomic mass is 32.2. The predicted molar refractivity (Wildman–Crippen MR) is 96.6 cm³/mol. The number of anilines is 2. The summed E-state index contributed by atoms with van der Waals surface area (Å²) in [6, 6.07) is 13.4. The molecule has 1 heterocycles. The maximum atomic E-state index is 13.0. The predicted octanol–water partition coefficient (Wildman–Crippen LogP) is 2.65. The minimum atomic E-state index is -3.75. The lowest BCUT2D eigenvalue weighted by atomic mass is 10.2. The molecular weight excluding hydrogens is 340 g/mol. The number of rotatable bonds is 5. The lowest BCUT2D eigenvalue weighted by Crippen LogP contribution is -2.28. The van der Waals surface area contributed by atoms with Crippen LogP contribution in [0.5, 0.6) is 5.75 Å². The van der Waals surface area contributed by atoms with E-state index in [-0.39, 0.29) is 10.8 Å². The minimum Gasteiger partial charge on any atom is -0.495 e. The third-order valence-electron chi connectivity index (χ3n) is 4.29. The Morgan fingerprint density at radius 1 is 1.12 bits per heavy atom. The van der Waals surface area contributed by atoms with E-state index in [9.17, 15) is 13.2 Å². The van der Waals surface area contributed by atoms with Gasteiger partial charge in [-0.15, -0.1) is 0 Å². The van der Waals surface area contributed by atoms with Crippen molar-refractivity contribution < 1.29 is 17.9 Å². The number of benzene rings is 2. The van der Waals surface area contributed by atoms with Gasteiger partial charge in [0.15, 0.2) is 0 Å². The number of para-hydroxylation sites is 1. The standard InChI is InChI=1S/C18H20N2O4S/c1-19(14-7-4-3-5-8-14)25(22,23)15-10-11-17(24-2)16(13-15)20-12-6-9-18(20)21/h3-5,7-8,10-11,13H,6,9,12H2,1-2H3. The van der Waals surface area contributed by atoms with E-state index in [1.807, 2.05) is 6.07 Å². The first-order valence-electron chi connectivity index (χ1n) is 7.97. The summed E-state index contributed by atoms with van der Waals surface area (Å²) in [5.41, 5.74) is 1.06. The second-order valence-corrected chi connectivity index (χ2v) is 7.76. The van der Waals surface area contributed by atoms with Gasteiger partial charge in [-0.1, -0.05) is 18.2 Å². The highest BCUT2D eigenvalue weighted by molar-refractivity contribution is 7.92. The Morgan fingerprint density at radius 2 is 1.84 bits per heavy atom. The SMILES string of the molecule is COc1ccc(S(=O)(=O)N(C)c2ccccc2)cc1N1CCCC1=O. The smallest absolute Gasteiger partial charge is 0.264 e. The molecule has 7 heteroatoms. The van der Waals surface area contributed by atoms with Gasteiger partial charge in [-0.2, -0.15) is 0 Å². The third-order valence-corrected chi connectivity index (χ3v) is 6.07. The summed E-state index contributed by atoms with van der Waals surface area (Å²) in [6.45, 7) is 0.563. The van der Waals surface area contributed by atoms with Crippen LogP contribution in [0.4, 0.5) is 11.4 Å². The van der Waals surface area contributed by atoms with Gasteiger partial charge in [0.05, 0.1) is 23.4 Å². The van der Waals surface area contributed by atoms with Crippen LogP contribution >= 0.6 is 0 Å². The van der Waals surface area contributed by atoms with Gasteiger partial charge in [0, 0.05) is 20.0 Å². The van der Waals surface area contributed by atoms with Crippen molar-refractivity contribution in [3.8, 4) is 5.75 Å². The number of carbonyl (C=O) groups excluding carboxylic acids is 1. The average molecular weight is 360 g/mol. The molecule has 1 aliphatic heterocycles.